The number of carboxylic acids is 1. The predicted octanol–water partition coefficient (Wildman–Crippen LogP) is 3.37. The van der Waals surface area contributed by atoms with Gasteiger partial charge in [0.2, 0.25) is 0 Å². The molecule has 0 bridgehead atoms. The molecule has 1 aliphatic rings. The average Bonchev–Trinajstić information content (AvgIpc) is 2.99. The molecule has 0 radical (unpaired) electrons. The van der Waals surface area contributed by atoms with Gasteiger partial charge in [-0.3, -0.25) is 0 Å². The molecule has 0 spiro atoms. The second-order valence-corrected chi connectivity index (χ2v) is 5.31. The molecule has 0 saturated heterocycles. The molecule has 114 valence electrons. The van der Waals surface area contributed by atoms with Crippen LogP contribution in [0.3, 0.4) is 0 Å². The first-order valence-electron chi connectivity index (χ1n) is 7.45. The quantitative estimate of drug-likeness (QED) is 0.589. The first kappa shape index (κ1) is 15.6. The monoisotopic (exact) mass is 290 g/mol. The molecule has 0 aliphatic heterocycles. The van der Waals surface area contributed by atoms with Crippen LogP contribution in [0.2, 0.25) is 0 Å². The zero-order valence-electron chi connectivity index (χ0n) is 12.2. The Balaban J connectivity index is 1.62. The van der Waals surface area contributed by atoms with E-state index < -0.39 is 5.97 Å². The van der Waals surface area contributed by atoms with Crippen molar-refractivity contribution in [2.45, 2.75) is 25.7 Å². The van der Waals surface area contributed by atoms with Gasteiger partial charge in [0.1, 0.15) is 12.4 Å². The summed E-state index contributed by atoms with van der Waals surface area (Å²) in [7, 11) is 0. The van der Waals surface area contributed by atoms with Crippen LogP contribution in [-0.2, 0) is 9.53 Å². The molecule has 1 aromatic rings. The minimum absolute atomic E-state index is 0.539. The van der Waals surface area contributed by atoms with Crippen LogP contribution < -0.4 is 4.74 Å². The van der Waals surface area contributed by atoms with E-state index in [0.29, 0.717) is 13.2 Å². The Bertz CT molecular complexity index is 458. The maximum absolute atomic E-state index is 10.4. The largest absolute Gasteiger partial charge is 0.491 e. The molecule has 21 heavy (non-hydrogen) atoms. The van der Waals surface area contributed by atoms with Crippen molar-refractivity contribution >= 4 is 12.0 Å². The van der Waals surface area contributed by atoms with E-state index in [9.17, 15) is 4.79 Å². The molecular formula is C17H22O4. The first-order valence-corrected chi connectivity index (χ1v) is 7.45. The number of rotatable bonds is 8. The van der Waals surface area contributed by atoms with Gasteiger partial charge in [0.25, 0.3) is 0 Å². The molecule has 1 aliphatic carbocycles. The maximum atomic E-state index is 10.4. The highest BCUT2D eigenvalue weighted by molar-refractivity contribution is 5.85. The smallest absolute Gasteiger partial charge is 0.328 e. The van der Waals surface area contributed by atoms with Crippen LogP contribution in [0.15, 0.2) is 30.3 Å². The standard InChI is InChI=1S/C17H22O4/c18-17(19)10-7-14-5-8-16(9-6-14)21-12-11-20-13-15-3-1-2-4-15/h5-10,15H,1-4,11-13H2,(H,18,19). The predicted molar refractivity (Wildman–Crippen MR) is 81.4 cm³/mol. The van der Waals surface area contributed by atoms with Crippen LogP contribution in [-0.4, -0.2) is 30.9 Å². The summed E-state index contributed by atoms with van der Waals surface area (Å²) in [5.74, 6) is 0.562. The number of benzene rings is 1. The van der Waals surface area contributed by atoms with Crippen molar-refractivity contribution in [2.75, 3.05) is 19.8 Å². The van der Waals surface area contributed by atoms with Gasteiger partial charge in [-0.15, -0.1) is 0 Å². The Labute approximate surface area is 125 Å². The van der Waals surface area contributed by atoms with Gasteiger partial charge in [-0.05, 0) is 42.5 Å². The lowest BCUT2D eigenvalue weighted by molar-refractivity contribution is -0.131. The lowest BCUT2D eigenvalue weighted by Gasteiger charge is -2.10. The van der Waals surface area contributed by atoms with Gasteiger partial charge in [0.15, 0.2) is 0 Å². The highest BCUT2D eigenvalue weighted by atomic mass is 16.5. The van der Waals surface area contributed by atoms with E-state index in [0.717, 1.165) is 29.9 Å². The number of hydrogen-bond donors (Lipinski definition) is 1. The van der Waals surface area contributed by atoms with Gasteiger partial charge in [0, 0.05) is 12.7 Å². The zero-order chi connectivity index (χ0) is 14.9. The summed E-state index contributed by atoms with van der Waals surface area (Å²) in [4.78, 5) is 10.4. The van der Waals surface area contributed by atoms with E-state index in [4.69, 9.17) is 14.6 Å². The molecule has 0 heterocycles. The number of carboxylic acid groups (broad SMARTS) is 1. The van der Waals surface area contributed by atoms with E-state index in [1.165, 1.54) is 25.7 Å². The lowest BCUT2D eigenvalue weighted by Crippen LogP contribution is -2.11. The second kappa shape index (κ2) is 8.47. The van der Waals surface area contributed by atoms with Gasteiger partial charge < -0.3 is 14.6 Å². The van der Waals surface area contributed by atoms with Crippen molar-refractivity contribution in [2.24, 2.45) is 5.92 Å². The van der Waals surface area contributed by atoms with Crippen molar-refractivity contribution in [3.05, 3.63) is 35.9 Å². The molecule has 0 atom stereocenters. The van der Waals surface area contributed by atoms with Crippen molar-refractivity contribution < 1.29 is 19.4 Å². The van der Waals surface area contributed by atoms with E-state index >= 15 is 0 Å². The minimum atomic E-state index is -0.949. The van der Waals surface area contributed by atoms with Crippen molar-refractivity contribution in [3.8, 4) is 5.75 Å². The fourth-order valence-corrected chi connectivity index (χ4v) is 2.49. The van der Waals surface area contributed by atoms with E-state index in [-0.39, 0.29) is 0 Å². The minimum Gasteiger partial charge on any atom is -0.491 e. The Hall–Kier alpha value is -1.81. The summed E-state index contributed by atoms with van der Waals surface area (Å²) in [5.41, 5.74) is 0.835. The topological polar surface area (TPSA) is 55.8 Å². The number of hydrogen-bond acceptors (Lipinski definition) is 3. The molecule has 2 rings (SSSR count). The molecular weight excluding hydrogens is 268 g/mol. The molecule has 1 saturated carbocycles. The van der Waals surface area contributed by atoms with Crippen LogP contribution in [0.25, 0.3) is 6.08 Å². The summed E-state index contributed by atoms with van der Waals surface area (Å²) in [6.07, 6.45) is 7.95. The molecule has 1 N–H and O–H groups in total. The second-order valence-electron chi connectivity index (χ2n) is 5.31. The van der Waals surface area contributed by atoms with Gasteiger partial charge in [-0.1, -0.05) is 25.0 Å². The number of aliphatic carboxylic acids is 1. The molecule has 4 nitrogen and oxygen atoms in total. The Morgan fingerprint density at radius 2 is 1.90 bits per heavy atom. The Morgan fingerprint density at radius 1 is 1.19 bits per heavy atom. The molecule has 0 aromatic heterocycles. The normalized spacial score (nSPS) is 15.6. The number of ether oxygens (including phenoxy) is 2. The molecule has 4 heteroatoms. The van der Waals surface area contributed by atoms with Crippen LogP contribution in [0.4, 0.5) is 0 Å². The molecule has 0 amide bonds. The fourth-order valence-electron chi connectivity index (χ4n) is 2.49. The van der Waals surface area contributed by atoms with Crippen molar-refractivity contribution in [1.29, 1.82) is 0 Å². The first-order chi connectivity index (χ1) is 10.2. The third kappa shape index (κ3) is 6.00. The fraction of sp³-hybridized carbons (Fsp3) is 0.471. The summed E-state index contributed by atoms with van der Waals surface area (Å²) in [6, 6.07) is 7.32. The highest BCUT2D eigenvalue weighted by Crippen LogP contribution is 2.24. The van der Waals surface area contributed by atoms with E-state index in [1.807, 2.05) is 24.3 Å². The van der Waals surface area contributed by atoms with E-state index in [2.05, 4.69) is 0 Å². The number of carbonyl (C=O) groups is 1. The van der Waals surface area contributed by atoms with Gasteiger partial charge in [0.05, 0.1) is 6.61 Å². The Morgan fingerprint density at radius 3 is 2.57 bits per heavy atom. The van der Waals surface area contributed by atoms with Crippen molar-refractivity contribution in [3.63, 3.8) is 0 Å². The molecule has 1 fully saturated rings. The summed E-state index contributed by atoms with van der Waals surface area (Å²) < 4.78 is 11.2. The molecule has 0 unspecified atom stereocenters. The van der Waals surface area contributed by atoms with E-state index in [1.54, 1.807) is 6.08 Å². The van der Waals surface area contributed by atoms with Crippen LogP contribution >= 0.6 is 0 Å². The summed E-state index contributed by atoms with van der Waals surface area (Å²) in [5, 5.41) is 8.55. The summed E-state index contributed by atoms with van der Waals surface area (Å²) >= 11 is 0. The third-order valence-corrected chi connectivity index (χ3v) is 3.62. The van der Waals surface area contributed by atoms with Crippen LogP contribution in [0.1, 0.15) is 31.2 Å². The van der Waals surface area contributed by atoms with Crippen molar-refractivity contribution in [1.82, 2.24) is 0 Å². The summed E-state index contributed by atoms with van der Waals surface area (Å²) in [6.45, 7) is 2.00. The average molecular weight is 290 g/mol. The van der Waals surface area contributed by atoms with Gasteiger partial charge >= 0.3 is 5.97 Å². The van der Waals surface area contributed by atoms with Gasteiger partial charge in [-0.2, -0.15) is 0 Å². The maximum Gasteiger partial charge on any atom is 0.328 e. The SMILES string of the molecule is O=C(O)C=Cc1ccc(OCCOCC2CCCC2)cc1. The zero-order valence-corrected chi connectivity index (χ0v) is 12.2. The molecule has 1 aromatic carbocycles. The Kier molecular flexibility index (Phi) is 6.28. The van der Waals surface area contributed by atoms with Crippen LogP contribution in [0.5, 0.6) is 5.75 Å². The lowest BCUT2D eigenvalue weighted by atomic mass is 10.1. The third-order valence-electron chi connectivity index (χ3n) is 3.62. The highest BCUT2D eigenvalue weighted by Gasteiger charge is 2.14. The van der Waals surface area contributed by atoms with Gasteiger partial charge in [-0.25, -0.2) is 4.79 Å². The van der Waals surface area contributed by atoms with Crippen LogP contribution in [0, 0.1) is 5.92 Å².